The number of carbonyl (C=O) groups is 3. The molecule has 0 radical (unpaired) electrons. The van der Waals surface area contributed by atoms with Gasteiger partial charge in [-0.15, -0.1) is 23.1 Å². The van der Waals surface area contributed by atoms with Crippen molar-refractivity contribution in [2.45, 2.75) is 10.1 Å². The quantitative estimate of drug-likeness (QED) is 0.0845. The van der Waals surface area contributed by atoms with Gasteiger partial charge >= 0.3 is 0 Å². The topological polar surface area (TPSA) is 109 Å². The number of carbonyl (C=O) groups excluding carboxylic acids is 3. The molecular formula is C40H31BrN4O4S2. The van der Waals surface area contributed by atoms with Crippen LogP contribution in [-0.4, -0.2) is 29.8 Å². The van der Waals surface area contributed by atoms with E-state index in [0.717, 1.165) is 26.2 Å². The van der Waals surface area contributed by atoms with Crippen LogP contribution in [-0.2, 0) is 9.59 Å². The van der Waals surface area contributed by atoms with Crippen molar-refractivity contribution in [3.8, 4) is 17.0 Å². The van der Waals surface area contributed by atoms with Gasteiger partial charge in [0.15, 0.2) is 5.13 Å². The summed E-state index contributed by atoms with van der Waals surface area (Å²) in [6, 6.07) is 40.4. The first-order valence-corrected chi connectivity index (χ1v) is 18.3. The van der Waals surface area contributed by atoms with E-state index in [1.807, 2.05) is 78.2 Å². The Morgan fingerprint density at radius 2 is 1.47 bits per heavy atom. The molecule has 0 aliphatic heterocycles. The lowest BCUT2D eigenvalue weighted by atomic mass is 10.1. The lowest BCUT2D eigenvalue weighted by Crippen LogP contribution is -2.30. The van der Waals surface area contributed by atoms with Gasteiger partial charge in [0.05, 0.1) is 12.8 Å². The second-order valence-electron chi connectivity index (χ2n) is 11.1. The molecule has 0 bridgehead atoms. The fourth-order valence-electron chi connectivity index (χ4n) is 4.92. The predicted octanol–water partition coefficient (Wildman–Crippen LogP) is 9.46. The number of hydrogen-bond acceptors (Lipinski definition) is 7. The van der Waals surface area contributed by atoms with Crippen LogP contribution < -0.4 is 20.7 Å². The molecule has 6 aromatic rings. The van der Waals surface area contributed by atoms with E-state index in [1.54, 1.807) is 73.8 Å². The molecule has 1 aromatic heterocycles. The van der Waals surface area contributed by atoms with E-state index in [1.165, 1.54) is 23.1 Å². The summed E-state index contributed by atoms with van der Waals surface area (Å²) < 4.78 is 6.22. The van der Waals surface area contributed by atoms with Crippen molar-refractivity contribution >= 4 is 73.6 Å². The minimum atomic E-state index is -0.570. The maximum absolute atomic E-state index is 13.7. The Hall–Kier alpha value is -5.49. The van der Waals surface area contributed by atoms with Crippen molar-refractivity contribution in [3.63, 3.8) is 0 Å². The SMILES string of the molecule is COc1ccc(/C=C(\NC(=O)c2ccccc2)C(=O)Nc2ccc(SC(C(=O)Nc3nc(-c4ccc(Br)cc4)cs3)c3ccccc3)cc2)cc1. The Morgan fingerprint density at radius 3 is 2.14 bits per heavy atom. The van der Waals surface area contributed by atoms with E-state index in [2.05, 4.69) is 36.9 Å². The van der Waals surface area contributed by atoms with Crippen molar-refractivity contribution in [1.82, 2.24) is 10.3 Å². The van der Waals surface area contributed by atoms with E-state index in [9.17, 15) is 14.4 Å². The van der Waals surface area contributed by atoms with Crippen molar-refractivity contribution in [2.75, 3.05) is 17.7 Å². The number of methoxy groups -OCH3 is 1. The fraction of sp³-hybridized carbons (Fsp3) is 0.0500. The van der Waals surface area contributed by atoms with E-state index >= 15 is 0 Å². The highest BCUT2D eigenvalue weighted by Gasteiger charge is 2.24. The number of ether oxygens (including phenoxy) is 1. The molecule has 1 atom stereocenters. The number of rotatable bonds is 12. The van der Waals surface area contributed by atoms with Gasteiger partial charge in [0.1, 0.15) is 16.7 Å². The summed E-state index contributed by atoms with van der Waals surface area (Å²) in [4.78, 5) is 45.7. The third-order valence-corrected chi connectivity index (χ3v) is 10.1. The number of thiazole rings is 1. The average molecular weight is 776 g/mol. The zero-order valence-corrected chi connectivity index (χ0v) is 30.4. The summed E-state index contributed by atoms with van der Waals surface area (Å²) in [6.07, 6.45) is 1.60. The maximum atomic E-state index is 13.7. The summed E-state index contributed by atoms with van der Waals surface area (Å²) in [5, 5.41) is 10.5. The van der Waals surface area contributed by atoms with Crippen LogP contribution >= 0.6 is 39.0 Å². The first-order chi connectivity index (χ1) is 24.8. The van der Waals surface area contributed by atoms with Gasteiger partial charge in [-0.05, 0) is 77.9 Å². The highest BCUT2D eigenvalue weighted by Crippen LogP contribution is 2.37. The molecule has 254 valence electrons. The maximum Gasteiger partial charge on any atom is 0.272 e. The molecule has 0 saturated carbocycles. The van der Waals surface area contributed by atoms with Gasteiger partial charge in [-0.25, -0.2) is 4.98 Å². The lowest BCUT2D eigenvalue weighted by Gasteiger charge is -2.17. The second kappa shape index (κ2) is 16.9. The van der Waals surface area contributed by atoms with E-state index < -0.39 is 17.1 Å². The van der Waals surface area contributed by atoms with Gasteiger partial charge in [-0.2, -0.15) is 0 Å². The lowest BCUT2D eigenvalue weighted by molar-refractivity contribution is -0.116. The number of benzene rings is 5. The number of aromatic nitrogens is 1. The Morgan fingerprint density at radius 1 is 0.804 bits per heavy atom. The average Bonchev–Trinajstić information content (AvgIpc) is 3.63. The predicted molar refractivity (Wildman–Crippen MR) is 209 cm³/mol. The Labute approximate surface area is 312 Å². The van der Waals surface area contributed by atoms with Crippen molar-refractivity contribution in [3.05, 3.63) is 166 Å². The van der Waals surface area contributed by atoms with Crippen LogP contribution in [0.2, 0.25) is 0 Å². The number of nitrogens with zero attached hydrogens (tertiary/aromatic N) is 1. The Bertz CT molecular complexity index is 2140. The van der Waals surface area contributed by atoms with Gasteiger partial charge < -0.3 is 20.7 Å². The van der Waals surface area contributed by atoms with Crippen LogP contribution in [0, 0.1) is 0 Å². The fourth-order valence-corrected chi connectivity index (χ4v) is 6.93. The monoisotopic (exact) mass is 774 g/mol. The highest BCUT2D eigenvalue weighted by atomic mass is 79.9. The molecule has 0 fully saturated rings. The Kier molecular flexibility index (Phi) is 11.7. The number of halogens is 1. The van der Waals surface area contributed by atoms with Gasteiger partial charge in [0.25, 0.3) is 11.8 Å². The first kappa shape index (κ1) is 35.3. The summed E-state index contributed by atoms with van der Waals surface area (Å²) in [6.45, 7) is 0. The minimum Gasteiger partial charge on any atom is -0.497 e. The first-order valence-electron chi connectivity index (χ1n) is 15.7. The van der Waals surface area contributed by atoms with Crippen molar-refractivity contribution < 1.29 is 19.1 Å². The molecular weight excluding hydrogens is 745 g/mol. The van der Waals surface area contributed by atoms with E-state index in [-0.39, 0.29) is 11.6 Å². The normalized spacial score (nSPS) is 11.7. The van der Waals surface area contributed by atoms with Crippen LogP contribution in [0.5, 0.6) is 5.75 Å². The van der Waals surface area contributed by atoms with E-state index in [0.29, 0.717) is 27.7 Å². The van der Waals surface area contributed by atoms with Gasteiger partial charge in [-0.3, -0.25) is 14.4 Å². The van der Waals surface area contributed by atoms with Crippen molar-refractivity contribution in [2.24, 2.45) is 0 Å². The number of anilines is 2. The number of nitrogens with one attached hydrogen (secondary N) is 3. The zero-order chi connectivity index (χ0) is 35.6. The molecule has 8 nitrogen and oxygen atoms in total. The smallest absolute Gasteiger partial charge is 0.272 e. The molecule has 0 aliphatic rings. The van der Waals surface area contributed by atoms with E-state index in [4.69, 9.17) is 4.74 Å². The zero-order valence-electron chi connectivity index (χ0n) is 27.2. The molecule has 6 rings (SSSR count). The molecule has 0 saturated heterocycles. The molecule has 51 heavy (non-hydrogen) atoms. The molecule has 0 aliphatic carbocycles. The molecule has 1 heterocycles. The van der Waals surface area contributed by atoms with Gasteiger partial charge in [0, 0.05) is 31.6 Å². The standard InChI is InChI=1S/C40H31BrN4O4S2/c1-49-32-20-12-26(13-21-32)24-34(43-37(46)29-10-6-3-7-11-29)38(47)42-31-18-22-33(23-19-31)51-36(28-8-4-2-5-9-28)39(48)45-40-44-35(25-50-40)27-14-16-30(41)17-15-27/h2-25,36H,1H3,(H,42,47)(H,43,46)(H,44,45,48)/b34-24-. The second-order valence-corrected chi connectivity index (χ2v) is 14.0. The summed E-state index contributed by atoms with van der Waals surface area (Å²) >= 11 is 6.21. The minimum absolute atomic E-state index is 0.0683. The van der Waals surface area contributed by atoms with Crippen LogP contribution in [0.15, 0.2) is 154 Å². The molecule has 11 heteroatoms. The molecule has 0 spiro atoms. The largest absolute Gasteiger partial charge is 0.497 e. The molecule has 3 N–H and O–H groups in total. The number of amides is 3. The van der Waals surface area contributed by atoms with Crippen LogP contribution in [0.3, 0.4) is 0 Å². The summed E-state index contributed by atoms with van der Waals surface area (Å²) in [5.74, 6) is -0.444. The van der Waals surface area contributed by atoms with Gasteiger partial charge in [0.2, 0.25) is 5.91 Å². The van der Waals surface area contributed by atoms with Crippen LogP contribution in [0.4, 0.5) is 10.8 Å². The van der Waals surface area contributed by atoms with Crippen LogP contribution in [0.25, 0.3) is 17.3 Å². The summed E-state index contributed by atoms with van der Waals surface area (Å²) in [7, 11) is 1.58. The molecule has 3 amide bonds. The summed E-state index contributed by atoms with van der Waals surface area (Å²) in [5.41, 5.74) is 4.29. The molecule has 5 aromatic carbocycles. The van der Waals surface area contributed by atoms with Crippen molar-refractivity contribution in [1.29, 1.82) is 0 Å². The number of hydrogen-bond donors (Lipinski definition) is 3. The highest BCUT2D eigenvalue weighted by molar-refractivity contribution is 9.10. The van der Waals surface area contributed by atoms with Crippen LogP contribution in [0.1, 0.15) is 26.7 Å². The number of thioether (sulfide) groups is 1. The third-order valence-electron chi connectivity index (χ3n) is 7.54. The van der Waals surface area contributed by atoms with Gasteiger partial charge in [-0.1, -0.05) is 88.7 Å². The third kappa shape index (κ3) is 9.61. The molecule has 1 unspecified atom stereocenters. The Balaban J connectivity index is 1.17.